The van der Waals surface area contributed by atoms with Gasteiger partial charge in [-0.15, -0.1) is 0 Å². The van der Waals surface area contributed by atoms with Gasteiger partial charge in [0.2, 0.25) is 0 Å². The van der Waals surface area contributed by atoms with Crippen molar-refractivity contribution in [2.24, 2.45) is 0 Å². The second-order valence-corrected chi connectivity index (χ2v) is 5.70. The fourth-order valence-electron chi connectivity index (χ4n) is 1.94. The van der Waals surface area contributed by atoms with E-state index in [4.69, 9.17) is 9.84 Å². The first-order valence-corrected chi connectivity index (χ1v) is 7.89. The Kier molecular flexibility index (Phi) is 6.23. The van der Waals surface area contributed by atoms with Crippen molar-refractivity contribution in [1.82, 2.24) is 5.32 Å². The maximum absolute atomic E-state index is 9.03. The first-order chi connectivity index (χ1) is 10.2. The standard InChI is InChI=1S/C17H20BrNO2/c1-2-9-19-11-14-5-8-17(16(18)10-14)21-15-6-3-13(12-20)4-7-15/h3-8,10,19-20H,2,9,11-12H2,1H3. The van der Waals surface area contributed by atoms with Crippen LogP contribution in [0.3, 0.4) is 0 Å². The van der Waals surface area contributed by atoms with Gasteiger partial charge < -0.3 is 15.2 Å². The zero-order chi connectivity index (χ0) is 15.1. The molecule has 3 nitrogen and oxygen atoms in total. The van der Waals surface area contributed by atoms with E-state index < -0.39 is 0 Å². The van der Waals surface area contributed by atoms with Gasteiger partial charge in [-0.1, -0.05) is 25.1 Å². The molecule has 0 aromatic heterocycles. The molecule has 4 heteroatoms. The van der Waals surface area contributed by atoms with Crippen LogP contribution in [-0.4, -0.2) is 11.7 Å². The van der Waals surface area contributed by atoms with Gasteiger partial charge in [-0.2, -0.15) is 0 Å². The van der Waals surface area contributed by atoms with Crippen LogP contribution in [0.4, 0.5) is 0 Å². The highest BCUT2D eigenvalue weighted by molar-refractivity contribution is 9.10. The van der Waals surface area contributed by atoms with Crippen LogP contribution in [0.2, 0.25) is 0 Å². The summed E-state index contributed by atoms with van der Waals surface area (Å²) in [6, 6.07) is 13.5. The Balaban J connectivity index is 2.02. The first kappa shape index (κ1) is 16.0. The molecule has 0 saturated carbocycles. The number of nitrogens with one attached hydrogen (secondary N) is 1. The molecule has 0 bridgehead atoms. The van der Waals surface area contributed by atoms with E-state index in [0.29, 0.717) is 0 Å². The Bertz CT molecular complexity index is 570. The van der Waals surface area contributed by atoms with Crippen LogP contribution in [-0.2, 0) is 13.2 Å². The predicted octanol–water partition coefficient (Wildman–Crippen LogP) is 4.23. The molecule has 0 aliphatic heterocycles. The Morgan fingerprint density at radius 2 is 1.81 bits per heavy atom. The highest BCUT2D eigenvalue weighted by Crippen LogP contribution is 2.30. The topological polar surface area (TPSA) is 41.5 Å². The van der Waals surface area contributed by atoms with Crippen molar-refractivity contribution >= 4 is 15.9 Å². The van der Waals surface area contributed by atoms with E-state index in [9.17, 15) is 0 Å². The van der Waals surface area contributed by atoms with Crippen LogP contribution in [0.15, 0.2) is 46.9 Å². The van der Waals surface area contributed by atoms with E-state index in [-0.39, 0.29) is 6.61 Å². The lowest BCUT2D eigenvalue weighted by Gasteiger charge is -2.10. The number of aliphatic hydroxyl groups excluding tert-OH is 1. The summed E-state index contributed by atoms with van der Waals surface area (Å²) in [7, 11) is 0. The first-order valence-electron chi connectivity index (χ1n) is 7.09. The van der Waals surface area contributed by atoms with Gasteiger partial charge in [0.15, 0.2) is 0 Å². The second-order valence-electron chi connectivity index (χ2n) is 4.85. The SMILES string of the molecule is CCCNCc1ccc(Oc2ccc(CO)cc2)c(Br)c1. The molecule has 0 aliphatic rings. The lowest BCUT2D eigenvalue weighted by Crippen LogP contribution is -2.13. The Morgan fingerprint density at radius 3 is 2.43 bits per heavy atom. The molecule has 2 aromatic rings. The smallest absolute Gasteiger partial charge is 0.141 e. The zero-order valence-electron chi connectivity index (χ0n) is 12.1. The summed E-state index contributed by atoms with van der Waals surface area (Å²) < 4.78 is 6.78. The van der Waals surface area contributed by atoms with Gasteiger partial charge in [0.25, 0.3) is 0 Å². The third kappa shape index (κ3) is 4.84. The number of hydrogen-bond donors (Lipinski definition) is 2. The van der Waals surface area contributed by atoms with E-state index in [1.165, 1.54) is 5.56 Å². The van der Waals surface area contributed by atoms with Crippen LogP contribution >= 0.6 is 15.9 Å². The molecule has 112 valence electrons. The summed E-state index contributed by atoms with van der Waals surface area (Å²) in [6.45, 7) is 4.08. The monoisotopic (exact) mass is 349 g/mol. The number of aliphatic hydroxyl groups is 1. The van der Waals surface area contributed by atoms with Crippen molar-refractivity contribution in [3.8, 4) is 11.5 Å². The highest BCUT2D eigenvalue weighted by Gasteiger charge is 2.04. The van der Waals surface area contributed by atoms with Crippen molar-refractivity contribution in [1.29, 1.82) is 0 Å². The van der Waals surface area contributed by atoms with Gasteiger partial charge in [0.1, 0.15) is 11.5 Å². The predicted molar refractivity (Wildman–Crippen MR) is 88.6 cm³/mol. The highest BCUT2D eigenvalue weighted by atomic mass is 79.9. The zero-order valence-corrected chi connectivity index (χ0v) is 13.7. The van der Waals surface area contributed by atoms with Gasteiger partial charge >= 0.3 is 0 Å². The van der Waals surface area contributed by atoms with E-state index in [0.717, 1.165) is 41.0 Å². The van der Waals surface area contributed by atoms with Crippen LogP contribution in [0.5, 0.6) is 11.5 Å². The molecule has 0 spiro atoms. The molecular weight excluding hydrogens is 330 g/mol. The summed E-state index contributed by atoms with van der Waals surface area (Å²) in [6.07, 6.45) is 1.13. The Morgan fingerprint density at radius 1 is 1.10 bits per heavy atom. The maximum atomic E-state index is 9.03. The fraction of sp³-hybridized carbons (Fsp3) is 0.294. The van der Waals surface area contributed by atoms with Crippen molar-refractivity contribution in [3.05, 3.63) is 58.1 Å². The van der Waals surface area contributed by atoms with Crippen LogP contribution in [0, 0.1) is 0 Å². The molecule has 0 amide bonds. The third-order valence-electron chi connectivity index (χ3n) is 3.09. The van der Waals surface area contributed by atoms with E-state index in [1.54, 1.807) is 0 Å². The molecule has 2 rings (SSSR count). The van der Waals surface area contributed by atoms with E-state index in [2.05, 4.69) is 40.3 Å². The summed E-state index contributed by atoms with van der Waals surface area (Å²) in [5.41, 5.74) is 2.09. The average Bonchev–Trinajstić information content (AvgIpc) is 2.51. The Hall–Kier alpha value is -1.36. The second kappa shape index (κ2) is 8.17. The molecule has 0 atom stereocenters. The number of ether oxygens (including phenoxy) is 1. The largest absolute Gasteiger partial charge is 0.456 e. The molecule has 2 aromatic carbocycles. The van der Waals surface area contributed by atoms with Gasteiger partial charge in [-0.3, -0.25) is 0 Å². The van der Waals surface area contributed by atoms with Crippen molar-refractivity contribution in [3.63, 3.8) is 0 Å². The molecule has 0 radical (unpaired) electrons. The van der Waals surface area contributed by atoms with Gasteiger partial charge in [0, 0.05) is 6.54 Å². The number of halogens is 1. The fourth-order valence-corrected chi connectivity index (χ4v) is 2.44. The molecular formula is C17H20BrNO2. The molecule has 0 unspecified atom stereocenters. The number of rotatable bonds is 7. The van der Waals surface area contributed by atoms with Crippen LogP contribution in [0.25, 0.3) is 0 Å². The van der Waals surface area contributed by atoms with Crippen LogP contribution in [0.1, 0.15) is 24.5 Å². The van der Waals surface area contributed by atoms with Crippen molar-refractivity contribution in [2.45, 2.75) is 26.5 Å². The normalized spacial score (nSPS) is 10.6. The molecule has 0 saturated heterocycles. The van der Waals surface area contributed by atoms with Crippen molar-refractivity contribution in [2.75, 3.05) is 6.54 Å². The summed E-state index contributed by atoms with van der Waals surface area (Å²) >= 11 is 3.55. The minimum absolute atomic E-state index is 0.0451. The number of benzene rings is 2. The lowest BCUT2D eigenvalue weighted by molar-refractivity contribution is 0.281. The summed E-state index contributed by atoms with van der Waals surface area (Å²) in [5, 5.41) is 12.4. The van der Waals surface area contributed by atoms with Crippen molar-refractivity contribution < 1.29 is 9.84 Å². The number of hydrogen-bond acceptors (Lipinski definition) is 3. The Labute approximate surface area is 134 Å². The van der Waals surface area contributed by atoms with Gasteiger partial charge in [0.05, 0.1) is 11.1 Å². The van der Waals surface area contributed by atoms with Gasteiger partial charge in [-0.05, 0) is 64.3 Å². The van der Waals surface area contributed by atoms with E-state index in [1.807, 2.05) is 30.3 Å². The molecule has 2 N–H and O–H groups in total. The average molecular weight is 350 g/mol. The summed E-state index contributed by atoms with van der Waals surface area (Å²) in [4.78, 5) is 0. The van der Waals surface area contributed by atoms with E-state index >= 15 is 0 Å². The molecule has 0 aliphatic carbocycles. The lowest BCUT2D eigenvalue weighted by atomic mass is 10.2. The molecule has 21 heavy (non-hydrogen) atoms. The quantitative estimate of drug-likeness (QED) is 0.734. The summed E-state index contributed by atoms with van der Waals surface area (Å²) in [5.74, 6) is 1.54. The minimum Gasteiger partial charge on any atom is -0.456 e. The third-order valence-corrected chi connectivity index (χ3v) is 3.71. The van der Waals surface area contributed by atoms with Gasteiger partial charge in [-0.25, -0.2) is 0 Å². The maximum Gasteiger partial charge on any atom is 0.141 e. The molecule has 0 fully saturated rings. The van der Waals surface area contributed by atoms with Crippen LogP contribution < -0.4 is 10.1 Å². The minimum atomic E-state index is 0.0451. The molecule has 0 heterocycles.